The van der Waals surface area contributed by atoms with Gasteiger partial charge in [0.15, 0.2) is 0 Å². The zero-order valence-corrected chi connectivity index (χ0v) is 17.1. The van der Waals surface area contributed by atoms with Gasteiger partial charge in [0, 0.05) is 6.92 Å². The Morgan fingerprint density at radius 2 is 1.10 bits per heavy atom. The molecule has 4 aromatic carbocycles. The summed E-state index contributed by atoms with van der Waals surface area (Å²) >= 11 is 0. The lowest BCUT2D eigenvalue weighted by Crippen LogP contribution is -2.36. The SMILES string of the molecule is CC(=O)N(CCOc1ccc2ccccc2c1)CCOc1ccc2ccccc2c1. The fourth-order valence-corrected chi connectivity index (χ4v) is 3.49. The molecule has 0 atom stereocenters. The first-order chi connectivity index (χ1) is 14.7. The second kappa shape index (κ2) is 9.31. The molecule has 0 spiro atoms. The zero-order chi connectivity index (χ0) is 20.8. The lowest BCUT2D eigenvalue weighted by molar-refractivity contribution is -0.129. The van der Waals surface area contributed by atoms with Gasteiger partial charge in [0.25, 0.3) is 0 Å². The number of fused-ring (bicyclic) bond motifs is 2. The number of hydrogen-bond acceptors (Lipinski definition) is 3. The highest BCUT2D eigenvalue weighted by Gasteiger charge is 2.09. The van der Waals surface area contributed by atoms with Gasteiger partial charge < -0.3 is 14.4 Å². The van der Waals surface area contributed by atoms with Crippen molar-refractivity contribution in [3.05, 3.63) is 84.9 Å². The van der Waals surface area contributed by atoms with Gasteiger partial charge in [-0.15, -0.1) is 0 Å². The second-order valence-corrected chi connectivity index (χ2v) is 7.22. The number of hydrogen-bond donors (Lipinski definition) is 0. The van der Waals surface area contributed by atoms with E-state index in [0.29, 0.717) is 26.3 Å². The fraction of sp³-hybridized carbons (Fsp3) is 0.192. The first-order valence-corrected chi connectivity index (χ1v) is 10.2. The van der Waals surface area contributed by atoms with E-state index in [1.165, 1.54) is 10.8 Å². The van der Waals surface area contributed by atoms with Crippen molar-refractivity contribution in [3.8, 4) is 11.5 Å². The molecule has 30 heavy (non-hydrogen) atoms. The summed E-state index contributed by atoms with van der Waals surface area (Å²) in [6.07, 6.45) is 0. The van der Waals surface area contributed by atoms with Crippen LogP contribution >= 0.6 is 0 Å². The molecule has 0 unspecified atom stereocenters. The Morgan fingerprint density at radius 1 is 0.667 bits per heavy atom. The third kappa shape index (κ3) is 4.90. The summed E-state index contributed by atoms with van der Waals surface area (Å²) in [7, 11) is 0. The molecule has 4 heteroatoms. The van der Waals surface area contributed by atoms with Crippen LogP contribution in [0.15, 0.2) is 84.9 Å². The van der Waals surface area contributed by atoms with Crippen LogP contribution in [-0.4, -0.2) is 37.1 Å². The minimum atomic E-state index is 0.0132. The maximum absolute atomic E-state index is 12.0. The highest BCUT2D eigenvalue weighted by Crippen LogP contribution is 2.21. The van der Waals surface area contributed by atoms with Crippen LogP contribution in [0, 0.1) is 0 Å². The number of carbonyl (C=O) groups excluding carboxylic acids is 1. The van der Waals surface area contributed by atoms with Crippen molar-refractivity contribution >= 4 is 27.5 Å². The van der Waals surface area contributed by atoms with Crippen molar-refractivity contribution in [2.75, 3.05) is 26.3 Å². The van der Waals surface area contributed by atoms with E-state index in [4.69, 9.17) is 9.47 Å². The molecule has 4 aromatic rings. The highest BCUT2D eigenvalue weighted by molar-refractivity contribution is 5.84. The molecular weight excluding hydrogens is 374 g/mol. The largest absolute Gasteiger partial charge is 0.492 e. The smallest absolute Gasteiger partial charge is 0.219 e. The molecule has 0 fully saturated rings. The van der Waals surface area contributed by atoms with Gasteiger partial charge in [-0.1, -0.05) is 60.7 Å². The predicted molar refractivity (Wildman–Crippen MR) is 121 cm³/mol. The monoisotopic (exact) mass is 399 g/mol. The summed E-state index contributed by atoms with van der Waals surface area (Å²) in [6.45, 7) is 3.49. The summed E-state index contributed by atoms with van der Waals surface area (Å²) in [4.78, 5) is 13.7. The molecule has 0 saturated carbocycles. The van der Waals surface area contributed by atoms with Gasteiger partial charge in [-0.3, -0.25) is 4.79 Å². The van der Waals surface area contributed by atoms with E-state index in [1.807, 2.05) is 60.7 Å². The van der Waals surface area contributed by atoms with Crippen LogP contribution in [-0.2, 0) is 4.79 Å². The first-order valence-electron chi connectivity index (χ1n) is 10.2. The van der Waals surface area contributed by atoms with E-state index < -0.39 is 0 Å². The van der Waals surface area contributed by atoms with Crippen LogP contribution in [0.3, 0.4) is 0 Å². The second-order valence-electron chi connectivity index (χ2n) is 7.22. The minimum Gasteiger partial charge on any atom is -0.492 e. The summed E-state index contributed by atoms with van der Waals surface area (Å²) in [6, 6.07) is 28.4. The normalized spacial score (nSPS) is 10.8. The number of carbonyl (C=O) groups is 1. The summed E-state index contributed by atoms with van der Waals surface area (Å²) < 4.78 is 11.7. The number of benzene rings is 4. The molecule has 1 amide bonds. The van der Waals surface area contributed by atoms with Crippen LogP contribution in [0.2, 0.25) is 0 Å². The molecule has 4 rings (SSSR count). The maximum Gasteiger partial charge on any atom is 0.219 e. The first kappa shape index (κ1) is 19.8. The Bertz CT molecular complexity index is 1070. The average Bonchev–Trinajstić information content (AvgIpc) is 2.77. The summed E-state index contributed by atoms with van der Waals surface area (Å²) in [5.74, 6) is 1.63. The van der Waals surface area contributed by atoms with Crippen LogP contribution in [0.1, 0.15) is 6.92 Å². The summed E-state index contributed by atoms with van der Waals surface area (Å²) in [5, 5.41) is 4.64. The van der Waals surface area contributed by atoms with Gasteiger partial charge in [0.05, 0.1) is 13.1 Å². The van der Waals surface area contributed by atoms with Crippen LogP contribution in [0.5, 0.6) is 11.5 Å². The minimum absolute atomic E-state index is 0.0132. The van der Waals surface area contributed by atoms with E-state index in [1.54, 1.807) is 11.8 Å². The molecule has 0 saturated heterocycles. The van der Waals surface area contributed by atoms with E-state index in [2.05, 4.69) is 24.3 Å². The zero-order valence-electron chi connectivity index (χ0n) is 17.1. The molecule has 0 aliphatic rings. The van der Waals surface area contributed by atoms with Gasteiger partial charge in [-0.05, 0) is 45.8 Å². The molecule has 0 aliphatic carbocycles. The van der Waals surface area contributed by atoms with Crippen molar-refractivity contribution in [1.82, 2.24) is 4.90 Å². The van der Waals surface area contributed by atoms with Crippen molar-refractivity contribution < 1.29 is 14.3 Å². The third-order valence-corrected chi connectivity index (χ3v) is 5.15. The van der Waals surface area contributed by atoms with E-state index >= 15 is 0 Å². The number of rotatable bonds is 8. The highest BCUT2D eigenvalue weighted by atomic mass is 16.5. The van der Waals surface area contributed by atoms with Crippen molar-refractivity contribution in [2.45, 2.75) is 6.92 Å². The van der Waals surface area contributed by atoms with Gasteiger partial charge in [0.1, 0.15) is 24.7 Å². The Labute approximate surface area is 176 Å². The molecular formula is C26H25NO3. The number of amides is 1. The standard InChI is InChI=1S/C26H25NO3/c1-20(28)27(14-16-29-25-12-10-21-6-2-4-8-23(21)18-25)15-17-30-26-13-11-22-7-3-5-9-24(22)19-26/h2-13,18-19H,14-17H2,1H3. The van der Waals surface area contributed by atoms with Crippen molar-refractivity contribution in [2.24, 2.45) is 0 Å². The third-order valence-electron chi connectivity index (χ3n) is 5.15. The van der Waals surface area contributed by atoms with Gasteiger partial charge in [-0.2, -0.15) is 0 Å². The Morgan fingerprint density at radius 3 is 1.53 bits per heavy atom. The summed E-state index contributed by atoms with van der Waals surface area (Å²) in [5.41, 5.74) is 0. The van der Waals surface area contributed by atoms with Crippen molar-refractivity contribution in [1.29, 1.82) is 0 Å². The molecule has 0 heterocycles. The van der Waals surface area contributed by atoms with E-state index in [9.17, 15) is 4.79 Å². The molecule has 4 nitrogen and oxygen atoms in total. The lowest BCUT2D eigenvalue weighted by Gasteiger charge is -2.21. The molecule has 0 radical (unpaired) electrons. The Hall–Kier alpha value is -3.53. The van der Waals surface area contributed by atoms with Crippen LogP contribution < -0.4 is 9.47 Å². The molecule has 0 N–H and O–H groups in total. The number of ether oxygens (including phenoxy) is 2. The predicted octanol–water partition coefficient (Wildman–Crippen LogP) is 5.30. The average molecular weight is 399 g/mol. The molecule has 0 bridgehead atoms. The van der Waals surface area contributed by atoms with Gasteiger partial charge in [-0.25, -0.2) is 0 Å². The quantitative estimate of drug-likeness (QED) is 0.404. The van der Waals surface area contributed by atoms with Gasteiger partial charge >= 0.3 is 0 Å². The topological polar surface area (TPSA) is 38.8 Å². The van der Waals surface area contributed by atoms with Crippen LogP contribution in [0.25, 0.3) is 21.5 Å². The maximum atomic E-state index is 12.0. The molecule has 152 valence electrons. The fourth-order valence-electron chi connectivity index (χ4n) is 3.49. The Kier molecular flexibility index (Phi) is 6.14. The lowest BCUT2D eigenvalue weighted by atomic mass is 10.1. The number of nitrogens with zero attached hydrogens (tertiary/aromatic N) is 1. The molecule has 0 aliphatic heterocycles. The van der Waals surface area contributed by atoms with Crippen LogP contribution in [0.4, 0.5) is 0 Å². The Balaban J connectivity index is 1.28. The van der Waals surface area contributed by atoms with Crippen molar-refractivity contribution in [3.63, 3.8) is 0 Å². The van der Waals surface area contributed by atoms with E-state index in [-0.39, 0.29) is 5.91 Å². The molecule has 0 aromatic heterocycles. The van der Waals surface area contributed by atoms with E-state index in [0.717, 1.165) is 22.3 Å². The van der Waals surface area contributed by atoms with Gasteiger partial charge in [0.2, 0.25) is 5.91 Å².